The summed E-state index contributed by atoms with van der Waals surface area (Å²) in [5.74, 6) is -2.16. The van der Waals surface area contributed by atoms with Crippen molar-refractivity contribution in [1.29, 1.82) is 0 Å². The molecule has 0 aliphatic carbocycles. The molecule has 130 valence electrons. The van der Waals surface area contributed by atoms with Crippen LogP contribution in [0.25, 0.3) is 11.8 Å². The third-order valence-electron chi connectivity index (χ3n) is 3.85. The standard InChI is InChI=1S/C18H19N3O4/c1-10-8-13(9-15(16(19)22)17(20)23)11(2)21(10)14-6-4-12(5-7-14)18(24)25-3/h4-9H,1-3H3,(H2,19,22)(H2,20,23). The number of carbonyl (C=O) groups excluding carboxylic acids is 3. The van der Waals surface area contributed by atoms with Crippen molar-refractivity contribution >= 4 is 23.9 Å². The fourth-order valence-electron chi connectivity index (χ4n) is 2.61. The lowest BCUT2D eigenvalue weighted by Gasteiger charge is -2.10. The largest absolute Gasteiger partial charge is 0.465 e. The number of primary amides is 2. The Hall–Kier alpha value is -3.35. The minimum absolute atomic E-state index is 0.263. The SMILES string of the molecule is COC(=O)c1ccc(-n2c(C)cc(C=C(C(N)=O)C(N)=O)c2C)cc1. The highest BCUT2D eigenvalue weighted by Crippen LogP contribution is 2.23. The van der Waals surface area contributed by atoms with Gasteiger partial charge in [-0.3, -0.25) is 9.59 Å². The second-order valence-corrected chi connectivity index (χ2v) is 5.49. The van der Waals surface area contributed by atoms with E-state index in [4.69, 9.17) is 11.5 Å². The maximum Gasteiger partial charge on any atom is 0.337 e. The average molecular weight is 341 g/mol. The van der Waals surface area contributed by atoms with Crippen molar-refractivity contribution in [1.82, 2.24) is 4.57 Å². The minimum Gasteiger partial charge on any atom is -0.465 e. The Morgan fingerprint density at radius 2 is 1.60 bits per heavy atom. The van der Waals surface area contributed by atoms with Gasteiger partial charge in [-0.1, -0.05) is 0 Å². The highest BCUT2D eigenvalue weighted by atomic mass is 16.5. The van der Waals surface area contributed by atoms with Crippen molar-refractivity contribution in [3.63, 3.8) is 0 Å². The Morgan fingerprint density at radius 1 is 1.04 bits per heavy atom. The molecule has 25 heavy (non-hydrogen) atoms. The number of aromatic nitrogens is 1. The summed E-state index contributed by atoms with van der Waals surface area (Å²) in [6, 6.07) is 8.70. The van der Waals surface area contributed by atoms with E-state index in [0.717, 1.165) is 17.1 Å². The lowest BCUT2D eigenvalue weighted by atomic mass is 10.1. The monoisotopic (exact) mass is 341 g/mol. The Balaban J connectivity index is 2.50. The summed E-state index contributed by atoms with van der Waals surface area (Å²) in [5, 5.41) is 0. The average Bonchev–Trinajstić information content (AvgIpc) is 2.85. The predicted octanol–water partition coefficient (Wildman–Crippen LogP) is 1.23. The van der Waals surface area contributed by atoms with E-state index in [9.17, 15) is 14.4 Å². The van der Waals surface area contributed by atoms with Gasteiger partial charge in [0.1, 0.15) is 5.57 Å². The molecule has 1 heterocycles. The number of rotatable bonds is 5. The number of esters is 1. The van der Waals surface area contributed by atoms with Crippen molar-refractivity contribution < 1.29 is 19.1 Å². The first kappa shape index (κ1) is 18.0. The molecule has 0 saturated carbocycles. The third kappa shape index (κ3) is 3.60. The molecule has 2 aromatic rings. The fourth-order valence-corrected chi connectivity index (χ4v) is 2.61. The zero-order valence-corrected chi connectivity index (χ0v) is 14.2. The maximum absolute atomic E-state index is 11.5. The molecule has 1 aromatic carbocycles. The summed E-state index contributed by atoms with van der Waals surface area (Å²) >= 11 is 0. The van der Waals surface area contributed by atoms with E-state index in [0.29, 0.717) is 11.1 Å². The van der Waals surface area contributed by atoms with E-state index >= 15 is 0 Å². The number of benzene rings is 1. The van der Waals surface area contributed by atoms with Gasteiger partial charge in [-0.2, -0.15) is 0 Å². The summed E-state index contributed by atoms with van der Waals surface area (Å²) in [7, 11) is 1.32. The van der Waals surface area contributed by atoms with Crippen LogP contribution in [0, 0.1) is 13.8 Å². The van der Waals surface area contributed by atoms with Crippen molar-refractivity contribution in [3.8, 4) is 5.69 Å². The van der Waals surface area contributed by atoms with Crippen LogP contribution in [0.3, 0.4) is 0 Å². The maximum atomic E-state index is 11.5. The quantitative estimate of drug-likeness (QED) is 0.368. The van der Waals surface area contributed by atoms with E-state index in [1.165, 1.54) is 13.2 Å². The zero-order valence-electron chi connectivity index (χ0n) is 14.2. The highest BCUT2D eigenvalue weighted by Gasteiger charge is 2.15. The van der Waals surface area contributed by atoms with E-state index < -0.39 is 17.8 Å². The molecule has 0 unspecified atom stereocenters. The second kappa shape index (κ2) is 7.04. The van der Waals surface area contributed by atoms with Crippen molar-refractivity contribution in [2.75, 3.05) is 7.11 Å². The van der Waals surface area contributed by atoms with Gasteiger partial charge >= 0.3 is 5.97 Å². The number of amides is 2. The smallest absolute Gasteiger partial charge is 0.337 e. The van der Waals surface area contributed by atoms with Crippen LogP contribution in [0.15, 0.2) is 35.9 Å². The first-order valence-electron chi connectivity index (χ1n) is 7.45. The normalized spacial score (nSPS) is 10.2. The van der Waals surface area contributed by atoms with Gasteiger partial charge in [0.25, 0.3) is 11.8 Å². The van der Waals surface area contributed by atoms with Gasteiger partial charge in [0.15, 0.2) is 0 Å². The van der Waals surface area contributed by atoms with Crippen LogP contribution in [-0.2, 0) is 14.3 Å². The number of ether oxygens (including phenoxy) is 1. The fraction of sp³-hybridized carbons (Fsp3) is 0.167. The minimum atomic E-state index is -0.875. The van der Waals surface area contributed by atoms with Gasteiger partial charge in [-0.25, -0.2) is 4.79 Å². The van der Waals surface area contributed by atoms with Gasteiger partial charge in [-0.05, 0) is 55.8 Å². The van der Waals surface area contributed by atoms with Gasteiger partial charge in [0, 0.05) is 17.1 Å². The van der Waals surface area contributed by atoms with Crippen LogP contribution in [0.5, 0.6) is 0 Å². The summed E-state index contributed by atoms with van der Waals surface area (Å²) in [4.78, 5) is 34.2. The molecule has 1 aromatic heterocycles. The molecule has 0 saturated heterocycles. The lowest BCUT2D eigenvalue weighted by molar-refractivity contribution is -0.120. The van der Waals surface area contributed by atoms with Crippen LogP contribution in [-0.4, -0.2) is 29.5 Å². The highest BCUT2D eigenvalue weighted by molar-refractivity contribution is 6.20. The first-order chi connectivity index (χ1) is 11.8. The van der Waals surface area contributed by atoms with Gasteiger partial charge < -0.3 is 20.8 Å². The van der Waals surface area contributed by atoms with Gasteiger partial charge in [0.2, 0.25) is 0 Å². The van der Waals surface area contributed by atoms with Crippen molar-refractivity contribution in [3.05, 3.63) is 58.4 Å². The number of hydrogen-bond acceptors (Lipinski definition) is 4. The topological polar surface area (TPSA) is 117 Å². The van der Waals surface area contributed by atoms with E-state index in [1.54, 1.807) is 24.3 Å². The second-order valence-electron chi connectivity index (χ2n) is 5.49. The summed E-state index contributed by atoms with van der Waals surface area (Å²) < 4.78 is 6.60. The number of nitrogens with two attached hydrogens (primary N) is 2. The number of hydrogen-bond donors (Lipinski definition) is 2. The molecule has 0 aliphatic heterocycles. The lowest BCUT2D eigenvalue weighted by Crippen LogP contribution is -2.25. The molecule has 4 N–H and O–H groups in total. The predicted molar refractivity (Wildman–Crippen MR) is 92.9 cm³/mol. The molecule has 0 aliphatic rings. The molecular formula is C18H19N3O4. The van der Waals surface area contributed by atoms with E-state index in [-0.39, 0.29) is 5.57 Å². The third-order valence-corrected chi connectivity index (χ3v) is 3.85. The van der Waals surface area contributed by atoms with E-state index in [2.05, 4.69) is 4.74 Å². The van der Waals surface area contributed by atoms with Crippen molar-refractivity contribution in [2.45, 2.75) is 13.8 Å². The molecule has 0 bridgehead atoms. The first-order valence-corrected chi connectivity index (χ1v) is 7.45. The molecule has 0 atom stereocenters. The Bertz CT molecular complexity index is 860. The Morgan fingerprint density at radius 3 is 2.08 bits per heavy atom. The van der Waals surface area contributed by atoms with Gasteiger partial charge in [-0.15, -0.1) is 0 Å². The Kier molecular flexibility index (Phi) is 5.07. The molecule has 0 fully saturated rings. The molecular weight excluding hydrogens is 322 g/mol. The molecule has 2 rings (SSSR count). The van der Waals surface area contributed by atoms with Crippen LogP contribution < -0.4 is 11.5 Å². The molecule has 0 spiro atoms. The summed E-state index contributed by atoms with van der Waals surface area (Å²) in [6.07, 6.45) is 1.38. The molecule has 7 heteroatoms. The van der Waals surface area contributed by atoms with Crippen molar-refractivity contribution in [2.24, 2.45) is 11.5 Å². The molecule has 0 radical (unpaired) electrons. The van der Waals surface area contributed by atoms with Crippen LogP contribution in [0.1, 0.15) is 27.3 Å². The van der Waals surface area contributed by atoms with Crippen LogP contribution >= 0.6 is 0 Å². The Labute approximate surface area is 144 Å². The molecule has 2 amide bonds. The zero-order chi connectivity index (χ0) is 18.7. The number of methoxy groups -OCH3 is 1. The number of aryl methyl sites for hydroxylation is 1. The van der Waals surface area contributed by atoms with E-state index in [1.807, 2.05) is 24.5 Å². The summed E-state index contributed by atoms with van der Waals surface area (Å²) in [6.45, 7) is 3.72. The number of nitrogens with zero attached hydrogens (tertiary/aromatic N) is 1. The van der Waals surface area contributed by atoms with Crippen LogP contribution in [0.4, 0.5) is 0 Å². The number of carbonyl (C=O) groups is 3. The molecule has 7 nitrogen and oxygen atoms in total. The van der Waals surface area contributed by atoms with Crippen LogP contribution in [0.2, 0.25) is 0 Å². The summed E-state index contributed by atoms with van der Waals surface area (Å²) in [5.41, 5.74) is 13.7. The van der Waals surface area contributed by atoms with Gasteiger partial charge in [0.05, 0.1) is 12.7 Å².